The number of esters is 1. The van der Waals surface area contributed by atoms with Crippen LogP contribution in [0.2, 0.25) is 0 Å². The highest BCUT2D eigenvalue weighted by atomic mass is 32.2. The summed E-state index contributed by atoms with van der Waals surface area (Å²) >= 11 is 1.41. The van der Waals surface area contributed by atoms with E-state index in [1.807, 2.05) is 6.92 Å². The Hall–Kier alpha value is -2.85. The van der Waals surface area contributed by atoms with Crippen molar-refractivity contribution in [3.63, 3.8) is 0 Å². The largest absolute Gasteiger partial charge is 0.462 e. The zero-order valence-corrected chi connectivity index (χ0v) is 19.3. The molecule has 170 valence electrons. The highest BCUT2D eigenvalue weighted by Crippen LogP contribution is 2.38. The highest BCUT2D eigenvalue weighted by molar-refractivity contribution is 8.01. The van der Waals surface area contributed by atoms with Gasteiger partial charge in [-0.1, -0.05) is 6.92 Å². The summed E-state index contributed by atoms with van der Waals surface area (Å²) in [5.41, 5.74) is 1.27. The van der Waals surface area contributed by atoms with E-state index in [2.05, 4.69) is 10.6 Å². The molecule has 1 aliphatic rings. The summed E-state index contributed by atoms with van der Waals surface area (Å²) in [4.78, 5) is 36.8. The third-order valence-electron chi connectivity index (χ3n) is 4.78. The molecule has 0 saturated carbocycles. The normalized spacial score (nSPS) is 15.4. The van der Waals surface area contributed by atoms with Crippen LogP contribution >= 0.6 is 11.8 Å². The maximum Gasteiger partial charge on any atom is 0.338 e. The predicted molar refractivity (Wildman–Crippen MR) is 123 cm³/mol. The molecular weight excluding hydrogens is 452 g/mol. The van der Waals surface area contributed by atoms with Crippen molar-refractivity contribution in [2.45, 2.75) is 41.7 Å². The number of sulfone groups is 1. The Balaban J connectivity index is 1.60. The molecule has 1 aliphatic heterocycles. The zero-order chi connectivity index (χ0) is 23.3. The van der Waals surface area contributed by atoms with Crippen LogP contribution in [0.15, 0.2) is 52.3 Å². The Bertz CT molecular complexity index is 1130. The number of anilines is 2. The molecule has 2 aromatic carbocycles. The maximum atomic E-state index is 12.7. The molecule has 1 heterocycles. The number of benzene rings is 2. The van der Waals surface area contributed by atoms with E-state index in [0.717, 1.165) is 4.90 Å². The molecule has 10 heteroatoms. The number of carbonyl (C=O) groups excluding carboxylic acids is 3. The molecule has 0 aromatic heterocycles. The Morgan fingerprint density at radius 1 is 1.12 bits per heavy atom. The Kier molecular flexibility index (Phi) is 7.57. The van der Waals surface area contributed by atoms with Gasteiger partial charge < -0.3 is 15.4 Å². The van der Waals surface area contributed by atoms with Crippen molar-refractivity contribution in [1.82, 2.24) is 0 Å². The van der Waals surface area contributed by atoms with Crippen LogP contribution in [0, 0.1) is 0 Å². The van der Waals surface area contributed by atoms with Gasteiger partial charge in [0.15, 0.2) is 9.84 Å². The number of hydrogen-bond donors (Lipinski definition) is 2. The number of fused-ring (bicyclic) bond motifs is 1. The molecular formula is C22H24N2O6S2. The summed E-state index contributed by atoms with van der Waals surface area (Å²) in [6.45, 7) is 3.89. The van der Waals surface area contributed by atoms with Crippen molar-refractivity contribution in [2.24, 2.45) is 0 Å². The van der Waals surface area contributed by atoms with Crippen molar-refractivity contribution in [1.29, 1.82) is 0 Å². The highest BCUT2D eigenvalue weighted by Gasteiger charge is 2.27. The minimum Gasteiger partial charge on any atom is -0.462 e. The molecule has 2 N–H and O–H groups in total. The fourth-order valence-corrected chi connectivity index (χ4v) is 5.35. The Morgan fingerprint density at radius 2 is 1.84 bits per heavy atom. The minimum absolute atomic E-state index is 0.0543. The monoisotopic (exact) mass is 476 g/mol. The van der Waals surface area contributed by atoms with Gasteiger partial charge in [-0.2, -0.15) is 0 Å². The van der Waals surface area contributed by atoms with Gasteiger partial charge in [-0.25, -0.2) is 13.2 Å². The molecule has 0 saturated heterocycles. The van der Waals surface area contributed by atoms with Gasteiger partial charge in [0.05, 0.1) is 33.8 Å². The molecule has 8 nitrogen and oxygen atoms in total. The van der Waals surface area contributed by atoms with E-state index < -0.39 is 21.7 Å². The van der Waals surface area contributed by atoms with Crippen LogP contribution in [-0.4, -0.2) is 43.8 Å². The van der Waals surface area contributed by atoms with Gasteiger partial charge in [-0.3, -0.25) is 9.59 Å². The summed E-state index contributed by atoms with van der Waals surface area (Å²) in [7, 11) is -3.72. The van der Waals surface area contributed by atoms with Crippen LogP contribution in [0.5, 0.6) is 0 Å². The van der Waals surface area contributed by atoms with E-state index in [0.29, 0.717) is 23.4 Å². The van der Waals surface area contributed by atoms with Crippen molar-refractivity contribution in [3.05, 3.63) is 48.0 Å². The van der Waals surface area contributed by atoms with Crippen LogP contribution in [0.1, 0.15) is 37.0 Å². The predicted octanol–water partition coefficient (Wildman–Crippen LogP) is 3.49. The standard InChI is InChI=1S/C22H24N2O6S2/c1-3-18-21(26)24-17-13-16(9-10-19(17)31-18)32(28,29)12-11-20(25)23-15-7-5-14(6-8-15)22(27)30-4-2/h5-10,13,18H,3-4,11-12H2,1-2H3,(H,23,25)(H,24,26)/t18-/m0/s1. The first-order valence-electron chi connectivity index (χ1n) is 10.1. The molecule has 2 aromatic rings. The van der Waals surface area contributed by atoms with E-state index in [1.165, 1.54) is 36.0 Å². The van der Waals surface area contributed by atoms with E-state index in [1.54, 1.807) is 25.1 Å². The second-order valence-corrected chi connectivity index (χ2v) is 10.4. The van der Waals surface area contributed by atoms with Gasteiger partial charge in [-0.05, 0) is 55.8 Å². The molecule has 0 bridgehead atoms. The van der Waals surface area contributed by atoms with E-state index >= 15 is 0 Å². The number of thioether (sulfide) groups is 1. The quantitative estimate of drug-likeness (QED) is 0.560. The van der Waals surface area contributed by atoms with Gasteiger partial charge in [0.1, 0.15) is 0 Å². The van der Waals surface area contributed by atoms with Crippen molar-refractivity contribution in [3.8, 4) is 0 Å². The van der Waals surface area contributed by atoms with Crippen LogP contribution in [0.3, 0.4) is 0 Å². The van der Waals surface area contributed by atoms with Crippen LogP contribution in [-0.2, 0) is 24.2 Å². The average molecular weight is 477 g/mol. The smallest absolute Gasteiger partial charge is 0.338 e. The second kappa shape index (κ2) is 10.2. The lowest BCUT2D eigenvalue weighted by Crippen LogP contribution is -2.28. The second-order valence-electron chi connectivity index (χ2n) is 7.08. The fraction of sp³-hybridized carbons (Fsp3) is 0.318. The molecule has 0 spiro atoms. The summed E-state index contributed by atoms with van der Waals surface area (Å²) in [5, 5.41) is 5.18. The van der Waals surface area contributed by atoms with Crippen LogP contribution in [0.4, 0.5) is 11.4 Å². The molecule has 1 atom stereocenters. The summed E-state index contributed by atoms with van der Waals surface area (Å²) in [5.74, 6) is -1.45. The number of ether oxygens (including phenoxy) is 1. The van der Waals surface area contributed by atoms with Gasteiger partial charge in [0, 0.05) is 17.0 Å². The summed E-state index contributed by atoms with van der Waals surface area (Å²) in [6, 6.07) is 10.8. The van der Waals surface area contributed by atoms with E-state index in [-0.39, 0.29) is 34.8 Å². The first-order chi connectivity index (χ1) is 15.2. The topological polar surface area (TPSA) is 119 Å². The van der Waals surface area contributed by atoms with Crippen molar-refractivity contribution >= 4 is 50.8 Å². The lowest BCUT2D eigenvalue weighted by Gasteiger charge is -2.23. The maximum absolute atomic E-state index is 12.7. The molecule has 3 rings (SSSR count). The zero-order valence-electron chi connectivity index (χ0n) is 17.7. The lowest BCUT2D eigenvalue weighted by molar-refractivity contribution is -0.116. The number of carbonyl (C=O) groups is 3. The van der Waals surface area contributed by atoms with Crippen molar-refractivity contribution < 1.29 is 27.5 Å². The molecule has 0 fully saturated rings. The molecule has 0 unspecified atom stereocenters. The molecule has 0 radical (unpaired) electrons. The number of hydrogen-bond acceptors (Lipinski definition) is 7. The summed E-state index contributed by atoms with van der Waals surface area (Å²) < 4.78 is 30.3. The number of nitrogens with one attached hydrogen (secondary N) is 2. The summed E-state index contributed by atoms with van der Waals surface area (Å²) in [6.07, 6.45) is 0.439. The third kappa shape index (κ3) is 5.68. The first-order valence-corrected chi connectivity index (χ1v) is 12.7. The first kappa shape index (κ1) is 23.8. The average Bonchev–Trinajstić information content (AvgIpc) is 2.77. The van der Waals surface area contributed by atoms with Crippen LogP contribution < -0.4 is 10.6 Å². The van der Waals surface area contributed by atoms with Gasteiger partial charge in [-0.15, -0.1) is 11.8 Å². The fourth-order valence-electron chi connectivity index (χ4n) is 3.06. The SMILES string of the molecule is CCOC(=O)c1ccc(NC(=O)CCS(=O)(=O)c2ccc3c(c2)NC(=O)[C@H](CC)S3)cc1. The van der Waals surface area contributed by atoms with E-state index in [9.17, 15) is 22.8 Å². The molecule has 32 heavy (non-hydrogen) atoms. The molecule has 0 aliphatic carbocycles. The Morgan fingerprint density at radius 3 is 2.50 bits per heavy atom. The van der Waals surface area contributed by atoms with E-state index in [4.69, 9.17) is 4.74 Å². The molecule has 2 amide bonds. The van der Waals surface area contributed by atoms with Gasteiger partial charge >= 0.3 is 5.97 Å². The number of amides is 2. The van der Waals surface area contributed by atoms with Gasteiger partial charge in [0.25, 0.3) is 0 Å². The van der Waals surface area contributed by atoms with Crippen LogP contribution in [0.25, 0.3) is 0 Å². The Labute approximate surface area is 191 Å². The number of rotatable bonds is 8. The third-order valence-corrected chi connectivity index (χ3v) is 7.93. The van der Waals surface area contributed by atoms with Crippen molar-refractivity contribution in [2.75, 3.05) is 23.0 Å². The van der Waals surface area contributed by atoms with Gasteiger partial charge in [0.2, 0.25) is 11.8 Å². The minimum atomic E-state index is -3.72. The lowest BCUT2D eigenvalue weighted by atomic mass is 10.2.